The van der Waals surface area contributed by atoms with Crippen molar-refractivity contribution in [3.8, 4) is 11.1 Å². The molecule has 4 rings (SSSR count). The van der Waals surface area contributed by atoms with Crippen LogP contribution in [0.1, 0.15) is 36.3 Å². The van der Waals surface area contributed by atoms with Crippen LogP contribution in [0.25, 0.3) is 11.1 Å². The van der Waals surface area contributed by atoms with Gasteiger partial charge in [0.1, 0.15) is 5.69 Å². The van der Waals surface area contributed by atoms with Gasteiger partial charge in [0, 0.05) is 44.4 Å². The minimum atomic E-state index is -0.712. The molecule has 1 aliphatic rings. The Morgan fingerprint density at radius 3 is 2.58 bits per heavy atom. The largest absolute Gasteiger partial charge is 0.355 e. The average molecular weight is 444 g/mol. The fourth-order valence-electron chi connectivity index (χ4n) is 4.36. The highest BCUT2D eigenvalue weighted by Crippen LogP contribution is 2.38. The normalized spacial score (nSPS) is 17.8. The van der Waals surface area contributed by atoms with Crippen LogP contribution in [0.4, 0.5) is 0 Å². The van der Waals surface area contributed by atoms with E-state index in [1.807, 2.05) is 24.3 Å². The molecule has 0 saturated carbocycles. The van der Waals surface area contributed by atoms with E-state index in [4.69, 9.17) is 0 Å². The zero-order valence-electron chi connectivity index (χ0n) is 19.1. The summed E-state index contributed by atoms with van der Waals surface area (Å²) >= 11 is 0. The predicted molar refractivity (Wildman–Crippen MR) is 126 cm³/mol. The summed E-state index contributed by atoms with van der Waals surface area (Å²) in [6.07, 6.45) is 9.20. The monoisotopic (exact) mass is 443 g/mol. The van der Waals surface area contributed by atoms with Crippen LogP contribution in [0.3, 0.4) is 0 Å². The highest BCUT2D eigenvalue weighted by Gasteiger charge is 2.46. The van der Waals surface area contributed by atoms with Crippen LogP contribution in [0, 0.1) is 11.3 Å². The minimum Gasteiger partial charge on any atom is -0.355 e. The fourth-order valence-corrected chi connectivity index (χ4v) is 4.36. The summed E-state index contributed by atoms with van der Waals surface area (Å²) in [4.78, 5) is 40.6. The summed E-state index contributed by atoms with van der Waals surface area (Å²) in [5.74, 6) is 0.146. The Morgan fingerprint density at radius 1 is 1.06 bits per heavy atom. The van der Waals surface area contributed by atoms with Crippen LogP contribution in [0.2, 0.25) is 0 Å². The van der Waals surface area contributed by atoms with Crippen LogP contribution < -0.4 is 5.32 Å². The van der Waals surface area contributed by atoms with E-state index in [1.165, 1.54) is 12.4 Å². The van der Waals surface area contributed by atoms with Crippen molar-refractivity contribution in [2.24, 2.45) is 11.3 Å². The molecule has 1 aliphatic heterocycles. The van der Waals surface area contributed by atoms with Gasteiger partial charge in [-0.3, -0.25) is 19.6 Å². The van der Waals surface area contributed by atoms with Crippen LogP contribution >= 0.6 is 0 Å². The Kier molecular flexibility index (Phi) is 6.77. The second kappa shape index (κ2) is 9.90. The molecule has 1 aromatic carbocycles. The molecule has 1 fully saturated rings. The summed E-state index contributed by atoms with van der Waals surface area (Å²) in [5, 5.41) is 3.13. The number of likely N-dealkylation sites (tertiary alicyclic amines) is 1. The van der Waals surface area contributed by atoms with Crippen molar-refractivity contribution in [3.63, 3.8) is 0 Å². The minimum absolute atomic E-state index is 0.00447. The summed E-state index contributed by atoms with van der Waals surface area (Å²) < 4.78 is 0. The number of amides is 2. The Morgan fingerprint density at radius 2 is 1.85 bits per heavy atom. The lowest BCUT2D eigenvalue weighted by Gasteiger charge is -2.29. The van der Waals surface area contributed by atoms with Gasteiger partial charge < -0.3 is 10.2 Å². The smallest absolute Gasteiger partial charge is 0.274 e. The second-order valence-corrected chi connectivity index (χ2v) is 9.02. The summed E-state index contributed by atoms with van der Waals surface area (Å²) in [6.45, 7) is 5.60. The maximum absolute atomic E-state index is 13.5. The summed E-state index contributed by atoms with van der Waals surface area (Å²) in [7, 11) is 0. The van der Waals surface area contributed by atoms with Gasteiger partial charge >= 0.3 is 0 Å². The molecule has 0 spiro atoms. The molecule has 7 heteroatoms. The van der Waals surface area contributed by atoms with Crippen molar-refractivity contribution in [2.75, 3.05) is 19.6 Å². The molecule has 0 radical (unpaired) electrons. The number of pyridine rings is 1. The molecule has 0 unspecified atom stereocenters. The van der Waals surface area contributed by atoms with Crippen LogP contribution in [0.15, 0.2) is 67.4 Å². The number of benzene rings is 1. The molecular formula is C26H29N5O2. The third-order valence-corrected chi connectivity index (χ3v) is 6.11. The molecular weight excluding hydrogens is 414 g/mol. The number of rotatable bonds is 7. The molecule has 1 atom stereocenters. The van der Waals surface area contributed by atoms with Crippen molar-refractivity contribution in [3.05, 3.63) is 78.6 Å². The number of aromatic nitrogens is 3. The second-order valence-electron chi connectivity index (χ2n) is 9.02. The molecule has 1 saturated heterocycles. The van der Waals surface area contributed by atoms with Gasteiger partial charge in [0.05, 0.1) is 11.6 Å². The topological polar surface area (TPSA) is 88.1 Å². The Balaban J connectivity index is 1.65. The van der Waals surface area contributed by atoms with Crippen LogP contribution in [-0.4, -0.2) is 51.3 Å². The third kappa shape index (κ3) is 5.08. The van der Waals surface area contributed by atoms with E-state index in [0.29, 0.717) is 44.1 Å². The van der Waals surface area contributed by atoms with E-state index in [1.54, 1.807) is 23.5 Å². The van der Waals surface area contributed by atoms with Gasteiger partial charge in [-0.05, 0) is 47.6 Å². The fraction of sp³-hybridized carbons (Fsp3) is 0.346. The summed E-state index contributed by atoms with van der Waals surface area (Å²) in [6, 6.07) is 12.1. The maximum Gasteiger partial charge on any atom is 0.274 e. The lowest BCUT2D eigenvalue weighted by Crippen LogP contribution is -2.46. The Hall–Kier alpha value is -3.61. The molecule has 33 heavy (non-hydrogen) atoms. The molecule has 2 amide bonds. The Bertz CT molecular complexity index is 1100. The number of nitrogens with one attached hydrogen (secondary N) is 1. The first-order valence-electron chi connectivity index (χ1n) is 11.3. The van der Waals surface area contributed by atoms with Crippen molar-refractivity contribution < 1.29 is 9.59 Å². The van der Waals surface area contributed by atoms with Crippen LogP contribution in [0.5, 0.6) is 0 Å². The van der Waals surface area contributed by atoms with Crippen molar-refractivity contribution in [1.82, 2.24) is 25.2 Å². The van der Waals surface area contributed by atoms with Crippen molar-refractivity contribution in [1.29, 1.82) is 0 Å². The third-order valence-electron chi connectivity index (χ3n) is 6.11. The SMILES string of the molecule is CC(C)CNC(=O)[C@]1(Cc2ccccc2-c2ccncc2)CCN(C(=O)c2cnccn2)C1. The first-order valence-corrected chi connectivity index (χ1v) is 11.3. The lowest BCUT2D eigenvalue weighted by atomic mass is 9.78. The number of hydrogen-bond acceptors (Lipinski definition) is 5. The quantitative estimate of drug-likeness (QED) is 0.605. The molecule has 3 aromatic rings. The average Bonchev–Trinajstić information content (AvgIpc) is 3.28. The zero-order chi connectivity index (χ0) is 23.3. The molecule has 2 aromatic heterocycles. The molecule has 0 aliphatic carbocycles. The predicted octanol–water partition coefficient (Wildman–Crippen LogP) is 3.39. The lowest BCUT2D eigenvalue weighted by molar-refractivity contribution is -0.130. The first-order chi connectivity index (χ1) is 16.0. The number of hydrogen-bond donors (Lipinski definition) is 1. The van der Waals surface area contributed by atoms with E-state index < -0.39 is 5.41 Å². The number of nitrogens with zero attached hydrogens (tertiary/aromatic N) is 4. The number of carbonyl (C=O) groups excluding carboxylic acids is 2. The Labute approximate surface area is 194 Å². The maximum atomic E-state index is 13.5. The van der Waals surface area contributed by atoms with E-state index in [-0.39, 0.29) is 11.8 Å². The van der Waals surface area contributed by atoms with Gasteiger partial charge in [0.25, 0.3) is 5.91 Å². The van der Waals surface area contributed by atoms with E-state index >= 15 is 0 Å². The first kappa shape index (κ1) is 22.6. The molecule has 3 heterocycles. The standard InChI is InChI=1S/C26H29N5O2/c1-19(2)16-30-25(33)26(9-14-31(18-26)24(32)23-17-28-12-13-29-23)15-21-5-3-4-6-22(21)20-7-10-27-11-8-20/h3-8,10-13,17,19H,9,14-16,18H2,1-2H3,(H,30,33)/t26-/m0/s1. The molecule has 0 bridgehead atoms. The van der Waals surface area contributed by atoms with Crippen LogP contribution in [-0.2, 0) is 11.2 Å². The van der Waals surface area contributed by atoms with Gasteiger partial charge in [-0.15, -0.1) is 0 Å². The highest BCUT2D eigenvalue weighted by molar-refractivity contribution is 5.93. The molecule has 1 N–H and O–H groups in total. The van der Waals surface area contributed by atoms with Gasteiger partial charge in [0.2, 0.25) is 5.91 Å². The summed E-state index contributed by atoms with van der Waals surface area (Å²) in [5.41, 5.74) is 2.80. The van der Waals surface area contributed by atoms with Crippen molar-refractivity contribution in [2.45, 2.75) is 26.7 Å². The van der Waals surface area contributed by atoms with Gasteiger partial charge in [-0.25, -0.2) is 4.98 Å². The van der Waals surface area contributed by atoms with Gasteiger partial charge in [-0.1, -0.05) is 38.1 Å². The van der Waals surface area contributed by atoms with E-state index in [9.17, 15) is 9.59 Å². The van der Waals surface area contributed by atoms with E-state index in [0.717, 1.165) is 16.7 Å². The zero-order valence-corrected chi connectivity index (χ0v) is 19.1. The number of carbonyl (C=O) groups is 2. The van der Waals surface area contributed by atoms with Gasteiger partial charge in [0.15, 0.2) is 0 Å². The van der Waals surface area contributed by atoms with Crippen molar-refractivity contribution >= 4 is 11.8 Å². The highest BCUT2D eigenvalue weighted by atomic mass is 16.2. The van der Waals surface area contributed by atoms with Gasteiger partial charge in [-0.2, -0.15) is 0 Å². The molecule has 7 nitrogen and oxygen atoms in total. The van der Waals surface area contributed by atoms with E-state index in [2.05, 4.69) is 46.2 Å². The molecule has 170 valence electrons.